The summed E-state index contributed by atoms with van der Waals surface area (Å²) in [6, 6.07) is 0.861. The van der Waals surface area contributed by atoms with Crippen molar-refractivity contribution in [1.82, 2.24) is 4.90 Å². The average Bonchev–Trinajstić information content (AvgIpc) is 3.58. The second kappa shape index (κ2) is 9.58. The predicted molar refractivity (Wildman–Crippen MR) is 90.4 cm³/mol. The average molecular weight is 387 g/mol. The van der Waals surface area contributed by atoms with Crippen molar-refractivity contribution in [2.24, 2.45) is 16.8 Å². The van der Waals surface area contributed by atoms with Crippen molar-refractivity contribution in [3.05, 3.63) is 10.1 Å². The molecule has 0 atom stereocenters. The van der Waals surface area contributed by atoms with Crippen LogP contribution in [0.3, 0.4) is 0 Å². The molecule has 0 amide bonds. The Morgan fingerprint density at radius 1 is 1.19 bits per heavy atom. The highest BCUT2D eigenvalue weighted by molar-refractivity contribution is 5.75. The standard InChI is InChI=1S/C16H25N3O8/c20-16(25-9-7-23-8-10-27-19(21)22)26-11-18(15-17-5-6-24-15)14(12-1-2-12)13-3-4-13/h12-14H,1-11H2. The molecule has 1 aliphatic heterocycles. The van der Waals surface area contributed by atoms with Gasteiger partial charge in [-0.05, 0) is 37.5 Å². The van der Waals surface area contributed by atoms with E-state index in [1.807, 2.05) is 4.90 Å². The first-order valence-corrected chi connectivity index (χ1v) is 9.23. The zero-order chi connectivity index (χ0) is 19.1. The highest BCUT2D eigenvalue weighted by atomic mass is 17.0. The van der Waals surface area contributed by atoms with E-state index in [0.717, 1.165) is 0 Å². The Labute approximate surface area is 156 Å². The molecule has 0 aromatic heterocycles. The van der Waals surface area contributed by atoms with Gasteiger partial charge in [0.05, 0.1) is 19.8 Å². The van der Waals surface area contributed by atoms with Gasteiger partial charge in [-0.15, -0.1) is 10.1 Å². The summed E-state index contributed by atoms with van der Waals surface area (Å²) >= 11 is 0. The second-order valence-electron chi connectivity index (χ2n) is 6.69. The summed E-state index contributed by atoms with van der Waals surface area (Å²) in [5, 5.41) is 9.07. The molecular formula is C16H25N3O8. The zero-order valence-electron chi connectivity index (χ0n) is 15.1. The Morgan fingerprint density at radius 3 is 2.48 bits per heavy atom. The molecule has 3 aliphatic rings. The van der Waals surface area contributed by atoms with Gasteiger partial charge in [-0.2, -0.15) is 0 Å². The summed E-state index contributed by atoms with van der Waals surface area (Å²) in [6.07, 6.45) is 3.95. The molecule has 11 heteroatoms. The third-order valence-electron chi connectivity index (χ3n) is 4.58. The molecule has 0 spiro atoms. The van der Waals surface area contributed by atoms with Gasteiger partial charge in [-0.1, -0.05) is 0 Å². The van der Waals surface area contributed by atoms with Crippen LogP contribution >= 0.6 is 0 Å². The van der Waals surface area contributed by atoms with E-state index in [4.69, 9.17) is 18.9 Å². The van der Waals surface area contributed by atoms with Crippen LogP contribution < -0.4 is 0 Å². The minimum absolute atomic E-state index is 0.0105. The van der Waals surface area contributed by atoms with Gasteiger partial charge in [0.25, 0.3) is 11.1 Å². The fourth-order valence-corrected chi connectivity index (χ4v) is 3.16. The van der Waals surface area contributed by atoms with E-state index in [1.165, 1.54) is 25.7 Å². The Bertz CT molecular complexity index is 538. The molecule has 0 saturated heterocycles. The van der Waals surface area contributed by atoms with Gasteiger partial charge in [0.15, 0.2) is 6.73 Å². The summed E-state index contributed by atoms with van der Waals surface area (Å²) in [6.45, 7) is 1.18. The molecule has 3 rings (SSSR count). The number of rotatable bonds is 12. The number of ether oxygens (including phenoxy) is 4. The van der Waals surface area contributed by atoms with Gasteiger partial charge in [0, 0.05) is 6.04 Å². The molecule has 0 unspecified atom stereocenters. The molecule has 1 heterocycles. The maximum Gasteiger partial charge on any atom is 0.510 e. The van der Waals surface area contributed by atoms with Crippen LogP contribution in [0.4, 0.5) is 4.79 Å². The Kier molecular flexibility index (Phi) is 6.91. The maximum absolute atomic E-state index is 11.8. The second-order valence-corrected chi connectivity index (χ2v) is 6.69. The van der Waals surface area contributed by atoms with Crippen LogP contribution in [-0.2, 0) is 23.8 Å². The molecule has 0 radical (unpaired) electrons. The van der Waals surface area contributed by atoms with Gasteiger partial charge in [0.1, 0.15) is 19.8 Å². The number of hydrogen-bond acceptors (Lipinski definition) is 10. The smallest absolute Gasteiger partial charge is 0.463 e. The van der Waals surface area contributed by atoms with Crippen LogP contribution in [0, 0.1) is 22.0 Å². The van der Waals surface area contributed by atoms with Crippen molar-refractivity contribution < 1.29 is 33.7 Å². The number of carbonyl (C=O) groups excluding carboxylic acids is 1. The molecule has 0 bridgehead atoms. The van der Waals surface area contributed by atoms with Crippen molar-refractivity contribution in [2.45, 2.75) is 31.7 Å². The molecule has 27 heavy (non-hydrogen) atoms. The molecular weight excluding hydrogens is 362 g/mol. The number of hydrogen-bond donors (Lipinski definition) is 0. The van der Waals surface area contributed by atoms with Crippen LogP contribution in [-0.4, -0.2) is 74.5 Å². The number of amidine groups is 1. The highest BCUT2D eigenvalue weighted by Gasteiger charge is 2.46. The first-order chi connectivity index (χ1) is 13.1. The molecule has 0 aromatic rings. The molecule has 2 fully saturated rings. The summed E-state index contributed by atoms with van der Waals surface area (Å²) in [5.41, 5.74) is 0. The van der Waals surface area contributed by atoms with E-state index in [0.29, 0.717) is 37.1 Å². The summed E-state index contributed by atoms with van der Waals surface area (Å²) in [5.74, 6) is 1.22. The van der Waals surface area contributed by atoms with Crippen LogP contribution in [0.1, 0.15) is 25.7 Å². The molecule has 2 aliphatic carbocycles. The van der Waals surface area contributed by atoms with Crippen LogP contribution in [0.15, 0.2) is 4.99 Å². The van der Waals surface area contributed by atoms with Gasteiger partial charge in [0.2, 0.25) is 0 Å². The van der Waals surface area contributed by atoms with Gasteiger partial charge in [-0.3, -0.25) is 4.90 Å². The van der Waals surface area contributed by atoms with Crippen molar-refractivity contribution in [1.29, 1.82) is 0 Å². The van der Waals surface area contributed by atoms with Gasteiger partial charge >= 0.3 is 6.16 Å². The first-order valence-electron chi connectivity index (χ1n) is 9.23. The number of nitrogens with zero attached hydrogens (tertiary/aromatic N) is 3. The molecule has 2 saturated carbocycles. The number of carbonyl (C=O) groups is 1. The Hall–Kier alpha value is -2.30. The van der Waals surface area contributed by atoms with Gasteiger partial charge < -0.3 is 23.8 Å². The Morgan fingerprint density at radius 2 is 1.89 bits per heavy atom. The monoisotopic (exact) mass is 387 g/mol. The maximum atomic E-state index is 11.8. The largest absolute Gasteiger partial charge is 0.510 e. The first kappa shape index (κ1) is 19.5. The topological polar surface area (TPSA) is 122 Å². The fourth-order valence-electron chi connectivity index (χ4n) is 3.16. The van der Waals surface area contributed by atoms with Crippen molar-refractivity contribution in [2.75, 3.05) is 46.3 Å². The fraction of sp³-hybridized carbons (Fsp3) is 0.875. The summed E-state index contributed by atoms with van der Waals surface area (Å²) in [7, 11) is 0. The normalized spacial score (nSPS) is 18.6. The highest BCUT2D eigenvalue weighted by Crippen LogP contribution is 2.47. The minimum Gasteiger partial charge on any atom is -0.463 e. The van der Waals surface area contributed by atoms with E-state index in [9.17, 15) is 14.9 Å². The lowest BCUT2D eigenvalue weighted by molar-refractivity contribution is -0.758. The zero-order valence-corrected chi connectivity index (χ0v) is 15.1. The van der Waals surface area contributed by atoms with Crippen LogP contribution in [0.25, 0.3) is 0 Å². The lowest BCUT2D eigenvalue weighted by atomic mass is 10.1. The molecule has 152 valence electrons. The quantitative estimate of drug-likeness (QED) is 0.160. The van der Waals surface area contributed by atoms with E-state index in [1.54, 1.807) is 0 Å². The van der Waals surface area contributed by atoms with E-state index in [2.05, 4.69) is 9.83 Å². The molecule has 11 nitrogen and oxygen atoms in total. The van der Waals surface area contributed by atoms with E-state index < -0.39 is 11.2 Å². The number of aliphatic imine (C=N–C) groups is 1. The van der Waals surface area contributed by atoms with Crippen molar-refractivity contribution in [3.63, 3.8) is 0 Å². The van der Waals surface area contributed by atoms with Gasteiger partial charge in [-0.25, -0.2) is 9.79 Å². The van der Waals surface area contributed by atoms with Crippen molar-refractivity contribution in [3.8, 4) is 0 Å². The minimum atomic E-state index is -0.891. The molecule has 0 aromatic carbocycles. The lowest BCUT2D eigenvalue weighted by Gasteiger charge is -2.31. The third kappa shape index (κ3) is 6.42. The van der Waals surface area contributed by atoms with Crippen molar-refractivity contribution >= 4 is 12.2 Å². The summed E-state index contributed by atoms with van der Waals surface area (Å²) in [4.78, 5) is 32.2. The SMILES string of the molecule is O=C(OCCOCCO[N+](=O)[O-])OCN(C1=NCCO1)C(C1CC1)C1CC1. The predicted octanol–water partition coefficient (Wildman–Crippen LogP) is 1.20. The van der Waals surface area contributed by atoms with Crippen LogP contribution in [0.2, 0.25) is 0 Å². The molecule has 0 N–H and O–H groups in total. The third-order valence-corrected chi connectivity index (χ3v) is 4.58. The van der Waals surface area contributed by atoms with E-state index >= 15 is 0 Å². The van der Waals surface area contributed by atoms with Crippen LogP contribution in [0.5, 0.6) is 0 Å². The lowest BCUT2D eigenvalue weighted by Crippen LogP contribution is -2.45. The Balaban J connectivity index is 1.35. The summed E-state index contributed by atoms with van der Waals surface area (Å²) < 4.78 is 20.8. The van der Waals surface area contributed by atoms with E-state index in [-0.39, 0.29) is 33.2 Å².